The zero-order valence-corrected chi connectivity index (χ0v) is 12.5. The second-order valence-corrected chi connectivity index (χ2v) is 5.49. The summed E-state index contributed by atoms with van der Waals surface area (Å²) in [6.45, 7) is 3.34. The molecule has 1 unspecified atom stereocenters. The maximum Gasteiger partial charge on any atom is 0.220 e. The second-order valence-electron chi connectivity index (χ2n) is 5.49. The molecule has 1 aromatic heterocycles. The summed E-state index contributed by atoms with van der Waals surface area (Å²) in [5.41, 5.74) is 7.52. The van der Waals surface area contributed by atoms with Crippen LogP contribution >= 0.6 is 0 Å². The number of nitrogens with zero attached hydrogens (tertiary/aromatic N) is 1. The first kappa shape index (κ1) is 15.4. The molecule has 4 heteroatoms. The quantitative estimate of drug-likeness (QED) is 0.821. The van der Waals surface area contributed by atoms with Gasteiger partial charge in [0, 0.05) is 24.5 Å². The van der Waals surface area contributed by atoms with Gasteiger partial charge in [0.15, 0.2) is 0 Å². The normalized spacial score (nSPS) is 12.3. The van der Waals surface area contributed by atoms with Crippen molar-refractivity contribution in [2.24, 2.45) is 11.7 Å². The maximum atomic E-state index is 11.9. The average Bonchev–Trinajstić information content (AvgIpc) is 2.51. The topological polar surface area (TPSA) is 68.0 Å². The summed E-state index contributed by atoms with van der Waals surface area (Å²) in [7, 11) is 0. The van der Waals surface area contributed by atoms with Crippen LogP contribution < -0.4 is 11.1 Å². The van der Waals surface area contributed by atoms with E-state index >= 15 is 0 Å². The van der Waals surface area contributed by atoms with Crippen LogP contribution in [0.3, 0.4) is 0 Å². The van der Waals surface area contributed by atoms with Gasteiger partial charge in [-0.1, -0.05) is 31.2 Å². The molecule has 1 heterocycles. The fraction of sp³-hybridized carbons (Fsp3) is 0.412. The van der Waals surface area contributed by atoms with Gasteiger partial charge in [-0.2, -0.15) is 0 Å². The van der Waals surface area contributed by atoms with E-state index in [2.05, 4.69) is 17.2 Å². The first-order valence-electron chi connectivity index (χ1n) is 7.50. The molecule has 0 saturated carbocycles. The molecule has 0 saturated heterocycles. The summed E-state index contributed by atoms with van der Waals surface area (Å²) in [5.74, 6) is 0.590. The van der Waals surface area contributed by atoms with Gasteiger partial charge in [0.1, 0.15) is 0 Å². The minimum Gasteiger partial charge on any atom is -0.352 e. The van der Waals surface area contributed by atoms with Crippen LogP contribution in [0, 0.1) is 5.92 Å². The summed E-state index contributed by atoms with van der Waals surface area (Å²) in [4.78, 5) is 16.3. The fourth-order valence-electron chi connectivity index (χ4n) is 2.40. The van der Waals surface area contributed by atoms with Gasteiger partial charge >= 0.3 is 0 Å². The zero-order valence-electron chi connectivity index (χ0n) is 12.5. The molecule has 0 aliphatic carbocycles. The summed E-state index contributed by atoms with van der Waals surface area (Å²) >= 11 is 0. The molecule has 1 atom stereocenters. The molecule has 1 amide bonds. The molecule has 0 radical (unpaired) electrons. The van der Waals surface area contributed by atoms with E-state index in [0.717, 1.165) is 29.3 Å². The summed E-state index contributed by atoms with van der Waals surface area (Å²) in [6, 6.07) is 9.98. The van der Waals surface area contributed by atoms with Crippen molar-refractivity contribution in [1.82, 2.24) is 10.3 Å². The Morgan fingerprint density at radius 2 is 2.10 bits per heavy atom. The van der Waals surface area contributed by atoms with Crippen LogP contribution in [0.2, 0.25) is 0 Å². The SMILES string of the molecule is CC(CCN)CCC(=O)NCc1cccc2cccnc12. The number of fused-ring (bicyclic) bond motifs is 1. The first-order chi connectivity index (χ1) is 10.2. The molecular formula is C17H23N3O. The molecule has 4 nitrogen and oxygen atoms in total. The number of hydrogen-bond acceptors (Lipinski definition) is 3. The van der Waals surface area contributed by atoms with Crippen molar-refractivity contribution in [3.05, 3.63) is 42.1 Å². The molecule has 0 spiro atoms. The Balaban J connectivity index is 1.88. The third-order valence-electron chi connectivity index (χ3n) is 3.72. The molecule has 3 N–H and O–H groups in total. The lowest BCUT2D eigenvalue weighted by atomic mass is 10.0. The highest BCUT2D eigenvalue weighted by Gasteiger charge is 2.07. The number of carbonyl (C=O) groups is 1. The summed E-state index contributed by atoms with van der Waals surface area (Å²) < 4.78 is 0. The molecule has 21 heavy (non-hydrogen) atoms. The predicted octanol–water partition coefficient (Wildman–Crippen LogP) is 2.62. The highest BCUT2D eigenvalue weighted by molar-refractivity contribution is 5.82. The molecule has 1 aromatic carbocycles. The van der Waals surface area contributed by atoms with E-state index in [1.54, 1.807) is 6.20 Å². The van der Waals surface area contributed by atoms with Crippen molar-refractivity contribution in [2.75, 3.05) is 6.54 Å². The molecule has 0 aliphatic heterocycles. The van der Waals surface area contributed by atoms with E-state index in [4.69, 9.17) is 5.73 Å². The Morgan fingerprint density at radius 3 is 2.90 bits per heavy atom. The highest BCUT2D eigenvalue weighted by atomic mass is 16.1. The van der Waals surface area contributed by atoms with Crippen LogP contribution in [0.5, 0.6) is 0 Å². The Bertz CT molecular complexity index is 592. The third-order valence-corrected chi connectivity index (χ3v) is 3.72. The van der Waals surface area contributed by atoms with Crippen molar-refractivity contribution in [2.45, 2.75) is 32.7 Å². The molecule has 0 bridgehead atoms. The molecule has 2 aromatic rings. The van der Waals surface area contributed by atoms with Crippen molar-refractivity contribution >= 4 is 16.8 Å². The van der Waals surface area contributed by atoms with E-state index in [0.29, 0.717) is 25.4 Å². The van der Waals surface area contributed by atoms with Crippen molar-refractivity contribution in [3.63, 3.8) is 0 Å². The summed E-state index contributed by atoms with van der Waals surface area (Å²) in [5, 5.41) is 4.08. The molecule has 2 rings (SSSR count). The van der Waals surface area contributed by atoms with Gasteiger partial charge in [-0.25, -0.2) is 0 Å². The lowest BCUT2D eigenvalue weighted by Crippen LogP contribution is -2.23. The zero-order chi connectivity index (χ0) is 15.1. The molecule has 0 fully saturated rings. The number of carbonyl (C=O) groups excluding carboxylic acids is 1. The van der Waals surface area contributed by atoms with Crippen molar-refractivity contribution < 1.29 is 4.79 Å². The third kappa shape index (κ3) is 4.53. The minimum atomic E-state index is 0.0896. The number of rotatable bonds is 7. The van der Waals surface area contributed by atoms with E-state index in [-0.39, 0.29) is 5.91 Å². The number of aromatic nitrogens is 1. The van der Waals surface area contributed by atoms with Crippen molar-refractivity contribution in [3.8, 4) is 0 Å². The fourth-order valence-corrected chi connectivity index (χ4v) is 2.40. The standard InChI is InChI=1S/C17H23N3O/c1-13(9-10-18)7-8-16(21)20-12-15-5-2-4-14-6-3-11-19-17(14)15/h2-6,11,13H,7-10,12,18H2,1H3,(H,20,21). The smallest absolute Gasteiger partial charge is 0.220 e. The lowest BCUT2D eigenvalue weighted by molar-refractivity contribution is -0.121. The van der Waals surface area contributed by atoms with Gasteiger partial charge in [0.05, 0.1) is 5.52 Å². The van der Waals surface area contributed by atoms with Gasteiger partial charge in [-0.05, 0) is 36.9 Å². The number of amides is 1. The van der Waals surface area contributed by atoms with E-state index < -0.39 is 0 Å². The highest BCUT2D eigenvalue weighted by Crippen LogP contribution is 2.15. The lowest BCUT2D eigenvalue weighted by Gasteiger charge is -2.10. The van der Waals surface area contributed by atoms with Crippen LogP contribution in [0.25, 0.3) is 10.9 Å². The van der Waals surface area contributed by atoms with Crippen LogP contribution in [0.4, 0.5) is 0 Å². The summed E-state index contributed by atoms with van der Waals surface area (Å²) in [6.07, 6.45) is 4.19. The van der Waals surface area contributed by atoms with Crippen LogP contribution in [-0.4, -0.2) is 17.4 Å². The number of nitrogens with one attached hydrogen (secondary N) is 1. The monoisotopic (exact) mass is 285 g/mol. The second kappa shape index (κ2) is 7.74. The van der Waals surface area contributed by atoms with Gasteiger partial charge in [-0.3, -0.25) is 9.78 Å². The molecular weight excluding hydrogens is 262 g/mol. The van der Waals surface area contributed by atoms with Gasteiger partial charge in [0.2, 0.25) is 5.91 Å². The molecule has 112 valence electrons. The number of pyridine rings is 1. The largest absolute Gasteiger partial charge is 0.352 e. The Morgan fingerprint density at radius 1 is 1.29 bits per heavy atom. The Labute approximate surface area is 125 Å². The first-order valence-corrected chi connectivity index (χ1v) is 7.50. The van der Waals surface area contributed by atoms with Gasteiger partial charge in [-0.15, -0.1) is 0 Å². The van der Waals surface area contributed by atoms with Crippen LogP contribution in [0.1, 0.15) is 31.7 Å². The van der Waals surface area contributed by atoms with E-state index in [9.17, 15) is 4.79 Å². The van der Waals surface area contributed by atoms with E-state index in [1.165, 1.54) is 0 Å². The average molecular weight is 285 g/mol. The number of hydrogen-bond donors (Lipinski definition) is 2. The van der Waals surface area contributed by atoms with Crippen LogP contribution in [0.15, 0.2) is 36.5 Å². The number of para-hydroxylation sites is 1. The van der Waals surface area contributed by atoms with Gasteiger partial charge < -0.3 is 11.1 Å². The number of nitrogens with two attached hydrogens (primary N) is 1. The maximum absolute atomic E-state index is 11.9. The van der Waals surface area contributed by atoms with E-state index in [1.807, 2.05) is 30.3 Å². The molecule has 0 aliphatic rings. The predicted molar refractivity (Wildman–Crippen MR) is 85.7 cm³/mol. The Hall–Kier alpha value is -1.94. The van der Waals surface area contributed by atoms with Crippen molar-refractivity contribution in [1.29, 1.82) is 0 Å². The Kier molecular flexibility index (Phi) is 5.69. The van der Waals surface area contributed by atoms with Crippen LogP contribution in [-0.2, 0) is 11.3 Å². The van der Waals surface area contributed by atoms with Gasteiger partial charge in [0.25, 0.3) is 0 Å². The minimum absolute atomic E-state index is 0.0896. The number of benzene rings is 1.